The number of unbranched alkanes of at least 4 members (excludes halogenated alkanes) is 3. The Morgan fingerprint density at radius 2 is 2.10 bits per heavy atom. The van der Waals surface area contributed by atoms with Gasteiger partial charge in [-0.3, -0.25) is 4.98 Å². The van der Waals surface area contributed by atoms with E-state index in [1.54, 1.807) is 6.07 Å². The van der Waals surface area contributed by atoms with Crippen molar-refractivity contribution in [2.24, 2.45) is 5.73 Å². The van der Waals surface area contributed by atoms with Crippen LogP contribution in [0.3, 0.4) is 0 Å². The molecule has 5 nitrogen and oxygen atoms in total. The molecule has 0 aliphatic heterocycles. The van der Waals surface area contributed by atoms with Crippen LogP contribution in [0.4, 0.5) is 0 Å². The van der Waals surface area contributed by atoms with Crippen LogP contribution in [-0.2, 0) is 10.0 Å². The van der Waals surface area contributed by atoms with E-state index < -0.39 is 10.0 Å². The van der Waals surface area contributed by atoms with Crippen LogP contribution in [0.25, 0.3) is 0 Å². The zero-order valence-electron chi connectivity index (χ0n) is 12.0. The van der Waals surface area contributed by atoms with Gasteiger partial charge in [0.15, 0.2) is 0 Å². The van der Waals surface area contributed by atoms with E-state index in [1.807, 2.05) is 11.8 Å². The smallest absolute Gasteiger partial charge is 0.242 e. The van der Waals surface area contributed by atoms with Gasteiger partial charge in [0, 0.05) is 12.7 Å². The Morgan fingerprint density at radius 3 is 2.76 bits per heavy atom. The molecule has 3 N–H and O–H groups in total. The number of hydrogen-bond acceptors (Lipinski definition) is 5. The van der Waals surface area contributed by atoms with Crippen LogP contribution in [0.15, 0.2) is 23.2 Å². The first-order valence-corrected chi connectivity index (χ1v) is 10.0. The van der Waals surface area contributed by atoms with Gasteiger partial charge in [-0.15, -0.1) is 0 Å². The summed E-state index contributed by atoms with van der Waals surface area (Å²) in [6.07, 6.45) is 7.67. The van der Waals surface area contributed by atoms with Crippen molar-refractivity contribution >= 4 is 39.0 Å². The molecule has 0 aliphatic carbocycles. The van der Waals surface area contributed by atoms with Crippen molar-refractivity contribution in [1.29, 1.82) is 0 Å². The third-order valence-corrected chi connectivity index (χ3v) is 5.24. The minimum atomic E-state index is -3.62. The normalized spacial score (nSPS) is 11.5. The molecule has 8 heteroatoms. The molecule has 0 aliphatic rings. The molecule has 118 valence electrons. The second kappa shape index (κ2) is 9.34. The predicted octanol–water partition coefficient (Wildman–Crippen LogP) is 1.92. The maximum atomic E-state index is 12.2. The lowest BCUT2D eigenvalue weighted by molar-refractivity contribution is 0.573. The average Bonchev–Trinajstić information content (AvgIpc) is 2.46. The van der Waals surface area contributed by atoms with Crippen LogP contribution in [0, 0.1) is 0 Å². The third kappa shape index (κ3) is 6.29. The Kier molecular flexibility index (Phi) is 8.16. The van der Waals surface area contributed by atoms with Crippen molar-refractivity contribution in [3.8, 4) is 0 Å². The number of nitrogens with two attached hydrogens (primary N) is 1. The summed E-state index contributed by atoms with van der Waals surface area (Å²) in [4.78, 5) is 3.96. The van der Waals surface area contributed by atoms with Gasteiger partial charge in [-0.2, -0.15) is 11.8 Å². The SMILES string of the molecule is CSCCCCCCNS(=O)(=O)c1cccnc1C(N)=S. The molecule has 1 aromatic heterocycles. The molecule has 0 amide bonds. The molecule has 0 radical (unpaired) electrons. The van der Waals surface area contributed by atoms with E-state index in [-0.39, 0.29) is 15.6 Å². The predicted molar refractivity (Wildman–Crippen MR) is 92.2 cm³/mol. The fourth-order valence-electron chi connectivity index (χ4n) is 1.80. The van der Waals surface area contributed by atoms with Crippen molar-refractivity contribution in [3.05, 3.63) is 24.0 Å². The second-order valence-corrected chi connectivity index (χ2v) is 7.68. The van der Waals surface area contributed by atoms with Gasteiger partial charge in [0.25, 0.3) is 0 Å². The minimum Gasteiger partial charge on any atom is -0.388 e. The molecule has 21 heavy (non-hydrogen) atoms. The zero-order valence-corrected chi connectivity index (χ0v) is 14.5. The molecule has 1 aromatic rings. The zero-order chi connectivity index (χ0) is 15.7. The van der Waals surface area contributed by atoms with Crippen molar-refractivity contribution in [1.82, 2.24) is 9.71 Å². The van der Waals surface area contributed by atoms with Crippen molar-refractivity contribution in [2.75, 3.05) is 18.6 Å². The van der Waals surface area contributed by atoms with Gasteiger partial charge >= 0.3 is 0 Å². The lowest BCUT2D eigenvalue weighted by atomic mass is 10.2. The average molecular weight is 348 g/mol. The molecule has 0 bridgehead atoms. The molecular weight excluding hydrogens is 326 g/mol. The molecule has 1 rings (SSSR count). The van der Waals surface area contributed by atoms with E-state index >= 15 is 0 Å². The molecule has 0 aromatic carbocycles. The summed E-state index contributed by atoms with van der Waals surface area (Å²) >= 11 is 6.66. The number of nitrogens with zero attached hydrogens (tertiary/aromatic N) is 1. The van der Waals surface area contributed by atoms with Crippen LogP contribution in [0.1, 0.15) is 31.4 Å². The first kappa shape index (κ1) is 18.3. The summed E-state index contributed by atoms with van der Waals surface area (Å²) in [5.74, 6) is 1.15. The largest absolute Gasteiger partial charge is 0.388 e. The Bertz CT molecular complexity index is 562. The highest BCUT2D eigenvalue weighted by molar-refractivity contribution is 7.98. The van der Waals surface area contributed by atoms with E-state index in [2.05, 4.69) is 16.0 Å². The topological polar surface area (TPSA) is 85.1 Å². The number of sulfonamides is 1. The second-order valence-electron chi connectivity index (χ2n) is 4.52. The van der Waals surface area contributed by atoms with Crippen LogP contribution >= 0.6 is 24.0 Å². The van der Waals surface area contributed by atoms with Crippen LogP contribution in [0.5, 0.6) is 0 Å². The molecular formula is C13H21N3O2S3. The molecule has 0 fully saturated rings. The van der Waals surface area contributed by atoms with Gasteiger partial charge in [0.05, 0.1) is 0 Å². The summed E-state index contributed by atoms with van der Waals surface area (Å²) in [6.45, 7) is 0.410. The fraction of sp³-hybridized carbons (Fsp3) is 0.538. The maximum Gasteiger partial charge on any atom is 0.242 e. The number of thiocarbonyl (C=S) groups is 1. The lowest BCUT2D eigenvalue weighted by Crippen LogP contribution is -2.28. The molecule has 1 heterocycles. The van der Waals surface area contributed by atoms with Gasteiger partial charge in [0.2, 0.25) is 10.0 Å². The Morgan fingerprint density at radius 1 is 1.38 bits per heavy atom. The van der Waals surface area contributed by atoms with Crippen LogP contribution in [0.2, 0.25) is 0 Å². The van der Waals surface area contributed by atoms with Crippen LogP contribution in [-0.4, -0.2) is 36.9 Å². The first-order valence-electron chi connectivity index (χ1n) is 6.72. The van der Waals surface area contributed by atoms with Crippen LogP contribution < -0.4 is 10.5 Å². The summed E-state index contributed by atoms with van der Waals surface area (Å²) in [7, 11) is -3.62. The van der Waals surface area contributed by atoms with E-state index in [0.717, 1.165) is 25.0 Å². The van der Waals surface area contributed by atoms with Gasteiger partial charge < -0.3 is 5.73 Å². The van der Waals surface area contributed by atoms with E-state index in [9.17, 15) is 8.42 Å². The highest BCUT2D eigenvalue weighted by atomic mass is 32.2. The van der Waals surface area contributed by atoms with Gasteiger partial charge in [-0.25, -0.2) is 13.1 Å². The van der Waals surface area contributed by atoms with E-state index in [0.29, 0.717) is 6.54 Å². The quantitative estimate of drug-likeness (QED) is 0.497. The van der Waals surface area contributed by atoms with E-state index in [4.69, 9.17) is 18.0 Å². The molecule has 0 atom stereocenters. The Hall–Kier alpha value is -0.700. The first-order chi connectivity index (χ1) is 9.99. The number of aromatic nitrogens is 1. The third-order valence-electron chi connectivity index (χ3n) is 2.86. The number of pyridine rings is 1. The highest BCUT2D eigenvalue weighted by Crippen LogP contribution is 2.13. The standard InChI is InChI=1S/C13H21N3O2S3/c1-20-10-5-3-2-4-9-16-21(17,18)11-7-6-8-15-12(11)13(14)19/h6-8,16H,2-5,9-10H2,1H3,(H2,14,19). The van der Waals surface area contributed by atoms with E-state index in [1.165, 1.54) is 18.7 Å². The van der Waals surface area contributed by atoms with Crippen molar-refractivity contribution < 1.29 is 8.42 Å². The summed E-state index contributed by atoms with van der Waals surface area (Å²) in [5, 5.41) is 0. The summed E-state index contributed by atoms with van der Waals surface area (Å²) < 4.78 is 27.0. The van der Waals surface area contributed by atoms with Crippen molar-refractivity contribution in [2.45, 2.75) is 30.6 Å². The summed E-state index contributed by atoms with van der Waals surface area (Å²) in [5.41, 5.74) is 5.65. The molecule has 0 saturated heterocycles. The lowest BCUT2D eigenvalue weighted by Gasteiger charge is -2.09. The minimum absolute atomic E-state index is 0.0203. The number of hydrogen-bond donors (Lipinski definition) is 2. The van der Waals surface area contributed by atoms with Crippen molar-refractivity contribution in [3.63, 3.8) is 0 Å². The Balaban J connectivity index is 2.53. The number of rotatable bonds is 10. The maximum absolute atomic E-state index is 12.2. The molecule has 0 saturated carbocycles. The molecule has 0 unspecified atom stereocenters. The monoisotopic (exact) mass is 347 g/mol. The number of nitrogens with one attached hydrogen (secondary N) is 1. The highest BCUT2D eigenvalue weighted by Gasteiger charge is 2.19. The van der Waals surface area contributed by atoms with Gasteiger partial charge in [0.1, 0.15) is 15.6 Å². The van der Waals surface area contributed by atoms with Gasteiger partial charge in [-0.05, 0) is 37.0 Å². The fourth-order valence-corrected chi connectivity index (χ4v) is 3.77. The molecule has 0 spiro atoms. The summed E-state index contributed by atoms with van der Waals surface area (Å²) in [6, 6.07) is 3.01. The Labute approximate surface area is 136 Å². The number of thioether (sulfide) groups is 1. The van der Waals surface area contributed by atoms with Gasteiger partial charge in [-0.1, -0.05) is 25.1 Å².